The van der Waals surface area contributed by atoms with Crippen LogP contribution in [0.2, 0.25) is 10.0 Å². The first-order valence-corrected chi connectivity index (χ1v) is 9.73. The van der Waals surface area contributed by atoms with Gasteiger partial charge in [-0.2, -0.15) is 0 Å². The Labute approximate surface area is 158 Å². The number of benzene rings is 1. The fraction of sp³-hybridized carbons (Fsp3) is 0.579. The Morgan fingerprint density at radius 2 is 2.12 bits per heavy atom. The van der Waals surface area contributed by atoms with Crippen molar-refractivity contribution in [1.29, 1.82) is 0 Å². The van der Waals surface area contributed by atoms with Crippen LogP contribution < -0.4 is 10.6 Å². The fourth-order valence-electron chi connectivity index (χ4n) is 3.70. The molecule has 4 nitrogen and oxygen atoms in total. The minimum Gasteiger partial charge on any atom is -0.356 e. The summed E-state index contributed by atoms with van der Waals surface area (Å²) in [6.07, 6.45) is 6.62. The van der Waals surface area contributed by atoms with E-state index in [1.54, 1.807) is 6.07 Å². The van der Waals surface area contributed by atoms with Gasteiger partial charge in [-0.3, -0.25) is 9.59 Å². The highest BCUT2D eigenvalue weighted by Crippen LogP contribution is 2.37. The number of hydrogen-bond donors (Lipinski definition) is 2. The third kappa shape index (κ3) is 4.89. The molecule has 6 heteroatoms. The molecule has 1 heterocycles. The van der Waals surface area contributed by atoms with Crippen molar-refractivity contribution in [3.05, 3.63) is 33.8 Å². The van der Waals surface area contributed by atoms with Crippen molar-refractivity contribution in [2.75, 3.05) is 6.54 Å². The van der Waals surface area contributed by atoms with Gasteiger partial charge in [0, 0.05) is 35.0 Å². The van der Waals surface area contributed by atoms with E-state index in [1.165, 1.54) is 0 Å². The van der Waals surface area contributed by atoms with Gasteiger partial charge in [0.25, 0.3) is 0 Å². The molecule has 0 radical (unpaired) electrons. The highest BCUT2D eigenvalue weighted by molar-refractivity contribution is 6.35. The normalized spacial score (nSPS) is 22.0. The quantitative estimate of drug-likeness (QED) is 0.783. The van der Waals surface area contributed by atoms with Gasteiger partial charge in [-0.05, 0) is 62.1 Å². The number of amides is 2. The van der Waals surface area contributed by atoms with E-state index in [0.29, 0.717) is 35.3 Å². The summed E-state index contributed by atoms with van der Waals surface area (Å²) in [6.45, 7) is 0.692. The van der Waals surface area contributed by atoms with E-state index in [4.69, 9.17) is 23.2 Å². The van der Waals surface area contributed by atoms with E-state index in [1.807, 2.05) is 12.1 Å². The third-order valence-corrected chi connectivity index (χ3v) is 5.99. The molecule has 25 heavy (non-hydrogen) atoms. The van der Waals surface area contributed by atoms with Gasteiger partial charge >= 0.3 is 0 Å². The predicted molar refractivity (Wildman–Crippen MR) is 99.9 cm³/mol. The largest absolute Gasteiger partial charge is 0.356 e. The van der Waals surface area contributed by atoms with E-state index in [9.17, 15) is 9.59 Å². The van der Waals surface area contributed by atoms with Gasteiger partial charge in [-0.25, -0.2) is 0 Å². The molecule has 1 saturated heterocycles. The number of hydrogen-bond acceptors (Lipinski definition) is 2. The number of halogens is 2. The van der Waals surface area contributed by atoms with Gasteiger partial charge < -0.3 is 10.6 Å². The Balaban J connectivity index is 1.52. The van der Waals surface area contributed by atoms with Crippen LogP contribution in [-0.2, 0) is 16.0 Å². The molecule has 2 fully saturated rings. The lowest BCUT2D eigenvalue weighted by Gasteiger charge is -2.43. The van der Waals surface area contributed by atoms with Crippen molar-refractivity contribution in [1.82, 2.24) is 10.6 Å². The molecule has 136 valence electrons. The molecule has 0 spiro atoms. The SMILES string of the molecule is O=C1CCC(CCC(=O)NC2(Cc3ccc(Cl)cc3Cl)CCC2)CN1. The maximum absolute atomic E-state index is 12.4. The maximum atomic E-state index is 12.4. The first kappa shape index (κ1) is 18.5. The van der Waals surface area contributed by atoms with Crippen molar-refractivity contribution in [3.8, 4) is 0 Å². The van der Waals surface area contributed by atoms with E-state index < -0.39 is 0 Å². The molecule has 1 aliphatic carbocycles. The van der Waals surface area contributed by atoms with Gasteiger partial charge in [0.1, 0.15) is 0 Å². The average Bonchev–Trinajstić information content (AvgIpc) is 2.54. The predicted octanol–water partition coefficient (Wildman–Crippen LogP) is 3.88. The van der Waals surface area contributed by atoms with Crippen LogP contribution in [0.15, 0.2) is 18.2 Å². The van der Waals surface area contributed by atoms with Crippen molar-refractivity contribution >= 4 is 35.0 Å². The number of carbonyl (C=O) groups is 2. The van der Waals surface area contributed by atoms with Crippen LogP contribution >= 0.6 is 23.2 Å². The number of piperidine rings is 1. The molecule has 2 amide bonds. The van der Waals surface area contributed by atoms with Crippen LogP contribution in [0, 0.1) is 5.92 Å². The molecular weight excluding hydrogens is 359 g/mol. The second-order valence-corrected chi connectivity index (χ2v) is 8.19. The summed E-state index contributed by atoms with van der Waals surface area (Å²) >= 11 is 12.3. The first-order chi connectivity index (χ1) is 12.0. The third-order valence-electron chi connectivity index (χ3n) is 5.41. The minimum atomic E-state index is -0.171. The zero-order valence-electron chi connectivity index (χ0n) is 14.2. The van der Waals surface area contributed by atoms with E-state index in [0.717, 1.165) is 44.1 Å². The summed E-state index contributed by atoms with van der Waals surface area (Å²) in [5.74, 6) is 0.627. The molecule has 1 atom stereocenters. The Hall–Kier alpha value is -1.26. The molecule has 2 aliphatic rings. The lowest BCUT2D eigenvalue weighted by Crippen LogP contribution is -2.55. The number of rotatable bonds is 6. The maximum Gasteiger partial charge on any atom is 0.220 e. The molecule has 1 saturated carbocycles. The summed E-state index contributed by atoms with van der Waals surface area (Å²) in [7, 11) is 0. The van der Waals surface area contributed by atoms with E-state index in [2.05, 4.69) is 10.6 Å². The molecule has 1 aromatic rings. The summed E-state index contributed by atoms with van der Waals surface area (Å²) in [4.78, 5) is 23.6. The topological polar surface area (TPSA) is 58.2 Å². The highest BCUT2D eigenvalue weighted by atomic mass is 35.5. The van der Waals surface area contributed by atoms with Gasteiger partial charge in [0.05, 0.1) is 0 Å². The second kappa shape index (κ2) is 7.96. The van der Waals surface area contributed by atoms with Crippen LogP contribution in [0.1, 0.15) is 50.5 Å². The summed E-state index contributed by atoms with van der Waals surface area (Å²) in [6, 6.07) is 5.54. The van der Waals surface area contributed by atoms with Crippen molar-refractivity contribution in [3.63, 3.8) is 0 Å². The zero-order valence-corrected chi connectivity index (χ0v) is 15.8. The number of nitrogens with one attached hydrogen (secondary N) is 2. The lowest BCUT2D eigenvalue weighted by molar-refractivity contribution is -0.124. The number of carbonyl (C=O) groups excluding carboxylic acids is 2. The fourth-order valence-corrected chi connectivity index (χ4v) is 4.18. The second-order valence-electron chi connectivity index (χ2n) is 7.34. The standard InChI is InChI=1S/C19H24Cl2N2O2/c20-15-5-4-14(16(21)10-15)11-19(8-1-9-19)23-18(25)7-3-13-2-6-17(24)22-12-13/h4-5,10,13H,1-3,6-9,11-12H2,(H,22,24)(H,23,25). The Bertz CT molecular complexity index is 649. The molecule has 3 rings (SSSR count). The van der Waals surface area contributed by atoms with E-state index >= 15 is 0 Å². The minimum absolute atomic E-state index is 0.0988. The molecule has 0 bridgehead atoms. The molecule has 1 aromatic carbocycles. The molecular formula is C19H24Cl2N2O2. The zero-order chi connectivity index (χ0) is 17.9. The van der Waals surface area contributed by atoms with Gasteiger partial charge in [-0.1, -0.05) is 29.3 Å². The van der Waals surface area contributed by atoms with Crippen LogP contribution in [0.5, 0.6) is 0 Å². The van der Waals surface area contributed by atoms with Crippen LogP contribution in [0.3, 0.4) is 0 Å². The van der Waals surface area contributed by atoms with Crippen LogP contribution in [-0.4, -0.2) is 23.9 Å². The average molecular weight is 383 g/mol. The smallest absolute Gasteiger partial charge is 0.220 e. The van der Waals surface area contributed by atoms with Gasteiger partial charge in [0.2, 0.25) is 11.8 Å². The van der Waals surface area contributed by atoms with E-state index in [-0.39, 0.29) is 17.4 Å². The summed E-state index contributed by atoms with van der Waals surface area (Å²) in [5, 5.41) is 7.41. The molecule has 1 aliphatic heterocycles. The Morgan fingerprint density at radius 3 is 2.72 bits per heavy atom. The monoisotopic (exact) mass is 382 g/mol. The molecule has 2 N–H and O–H groups in total. The molecule has 1 unspecified atom stereocenters. The van der Waals surface area contributed by atoms with Gasteiger partial charge in [0.15, 0.2) is 0 Å². The highest BCUT2D eigenvalue weighted by Gasteiger charge is 2.38. The van der Waals surface area contributed by atoms with Crippen molar-refractivity contribution < 1.29 is 9.59 Å². The lowest BCUT2D eigenvalue weighted by atomic mass is 9.72. The molecule has 0 aromatic heterocycles. The van der Waals surface area contributed by atoms with Crippen molar-refractivity contribution in [2.24, 2.45) is 5.92 Å². The van der Waals surface area contributed by atoms with Crippen LogP contribution in [0.25, 0.3) is 0 Å². The van der Waals surface area contributed by atoms with Crippen molar-refractivity contribution in [2.45, 2.75) is 56.9 Å². The Kier molecular flexibility index (Phi) is 5.90. The van der Waals surface area contributed by atoms with Crippen LogP contribution in [0.4, 0.5) is 0 Å². The van der Waals surface area contributed by atoms with Gasteiger partial charge in [-0.15, -0.1) is 0 Å². The summed E-state index contributed by atoms with van der Waals surface area (Å²) < 4.78 is 0. The Morgan fingerprint density at radius 1 is 1.32 bits per heavy atom. The summed E-state index contributed by atoms with van der Waals surface area (Å²) in [5.41, 5.74) is 0.857. The first-order valence-electron chi connectivity index (χ1n) is 8.97.